The fraction of sp³-hybridized carbons (Fsp3) is 0.286. The van der Waals surface area contributed by atoms with Gasteiger partial charge in [0.05, 0.1) is 18.0 Å². The molecule has 2 aliphatic rings. The Hall–Kier alpha value is -4.11. The van der Waals surface area contributed by atoms with Gasteiger partial charge in [-0.2, -0.15) is 5.10 Å². The fourth-order valence-corrected chi connectivity index (χ4v) is 6.02. The summed E-state index contributed by atoms with van der Waals surface area (Å²) in [5.41, 5.74) is 3.62. The zero-order chi connectivity index (χ0) is 26.4. The predicted octanol–water partition coefficient (Wildman–Crippen LogP) is 3.69. The van der Waals surface area contributed by atoms with E-state index >= 15 is 0 Å². The molecule has 0 saturated carbocycles. The summed E-state index contributed by atoms with van der Waals surface area (Å²) in [5.74, 6) is -2.35. The van der Waals surface area contributed by atoms with Gasteiger partial charge in [0.1, 0.15) is 5.69 Å². The number of aliphatic carboxylic acids is 1. The third-order valence-corrected chi connectivity index (χ3v) is 8.02. The highest BCUT2D eigenvalue weighted by atomic mass is 35.5. The number of aromatic nitrogens is 3. The number of benzene rings is 2. The lowest BCUT2D eigenvalue weighted by Gasteiger charge is -2.38. The molecule has 6 rings (SSSR count). The van der Waals surface area contributed by atoms with Gasteiger partial charge in [0.25, 0.3) is 5.91 Å². The highest BCUT2D eigenvalue weighted by Crippen LogP contribution is 2.36. The van der Waals surface area contributed by atoms with Crippen molar-refractivity contribution >= 4 is 40.3 Å². The number of halogens is 1. The summed E-state index contributed by atoms with van der Waals surface area (Å²) in [5, 5.41) is 18.6. The van der Waals surface area contributed by atoms with Gasteiger partial charge in [-0.25, -0.2) is 0 Å². The van der Waals surface area contributed by atoms with Gasteiger partial charge >= 0.3 is 5.97 Å². The van der Waals surface area contributed by atoms with Gasteiger partial charge in [-0.1, -0.05) is 48.0 Å². The van der Waals surface area contributed by atoms with Crippen molar-refractivity contribution < 1.29 is 19.5 Å². The van der Waals surface area contributed by atoms with Crippen molar-refractivity contribution in [3.63, 3.8) is 0 Å². The monoisotopic (exact) mass is 531 g/mol. The summed E-state index contributed by atoms with van der Waals surface area (Å²) in [4.78, 5) is 45.3. The number of fused-ring (bicyclic) bond motifs is 2. The SMILES string of the molecule is O=C(O)C1CN(C(=O)Cc2c[nH]c3cc(Cl)ccc23)CC2CN(C(=O)c3cc(-c4ccccc4)n[nH]3)CC21. The molecule has 2 aliphatic heterocycles. The summed E-state index contributed by atoms with van der Waals surface area (Å²) in [6.07, 6.45) is 1.95. The van der Waals surface area contributed by atoms with Crippen molar-refractivity contribution in [2.24, 2.45) is 17.8 Å². The zero-order valence-corrected chi connectivity index (χ0v) is 21.2. The van der Waals surface area contributed by atoms with E-state index in [4.69, 9.17) is 11.6 Å². The summed E-state index contributed by atoms with van der Waals surface area (Å²) in [6.45, 7) is 1.28. The molecule has 4 aromatic rings. The van der Waals surface area contributed by atoms with Gasteiger partial charge in [0.15, 0.2) is 0 Å². The lowest BCUT2D eigenvalue weighted by molar-refractivity contribution is -0.149. The molecule has 3 N–H and O–H groups in total. The molecule has 0 radical (unpaired) electrons. The first-order valence-corrected chi connectivity index (χ1v) is 12.9. The van der Waals surface area contributed by atoms with Crippen LogP contribution in [0.3, 0.4) is 0 Å². The minimum atomic E-state index is -0.943. The molecule has 194 valence electrons. The molecule has 2 fully saturated rings. The maximum absolute atomic E-state index is 13.3. The molecule has 2 aromatic heterocycles. The van der Waals surface area contributed by atoms with Crippen molar-refractivity contribution in [2.75, 3.05) is 26.2 Å². The molecule has 2 aromatic carbocycles. The number of likely N-dealkylation sites (tertiary alicyclic amines) is 2. The smallest absolute Gasteiger partial charge is 0.308 e. The first-order valence-electron chi connectivity index (χ1n) is 12.5. The lowest BCUT2D eigenvalue weighted by atomic mass is 9.79. The Balaban J connectivity index is 1.17. The second-order valence-electron chi connectivity index (χ2n) is 10.1. The molecule has 2 saturated heterocycles. The molecule has 4 heterocycles. The van der Waals surface area contributed by atoms with Crippen LogP contribution in [0.1, 0.15) is 16.1 Å². The number of carboxylic acids is 1. The normalized spacial score (nSPS) is 21.0. The number of rotatable bonds is 5. The topological polar surface area (TPSA) is 122 Å². The van der Waals surface area contributed by atoms with Crippen LogP contribution in [0.4, 0.5) is 0 Å². The Morgan fingerprint density at radius 3 is 2.58 bits per heavy atom. The van der Waals surface area contributed by atoms with Crippen LogP contribution < -0.4 is 0 Å². The van der Waals surface area contributed by atoms with Crippen molar-refractivity contribution in [1.29, 1.82) is 0 Å². The fourth-order valence-electron chi connectivity index (χ4n) is 5.84. The molecular weight excluding hydrogens is 506 g/mol. The summed E-state index contributed by atoms with van der Waals surface area (Å²) in [6, 6.07) is 16.8. The number of piperidine rings is 1. The van der Waals surface area contributed by atoms with E-state index < -0.39 is 11.9 Å². The Labute approximate surface area is 223 Å². The molecule has 3 atom stereocenters. The molecule has 9 nitrogen and oxygen atoms in total. The molecule has 3 unspecified atom stereocenters. The third-order valence-electron chi connectivity index (χ3n) is 7.79. The van der Waals surface area contributed by atoms with E-state index in [-0.39, 0.29) is 36.6 Å². The summed E-state index contributed by atoms with van der Waals surface area (Å²) in [7, 11) is 0. The average Bonchev–Trinajstić information content (AvgIpc) is 3.66. The molecule has 10 heteroatoms. The Kier molecular flexibility index (Phi) is 6.15. The van der Waals surface area contributed by atoms with Crippen molar-refractivity contribution in [2.45, 2.75) is 6.42 Å². The minimum Gasteiger partial charge on any atom is -0.481 e. The highest BCUT2D eigenvalue weighted by Gasteiger charge is 2.48. The second-order valence-corrected chi connectivity index (χ2v) is 10.5. The van der Waals surface area contributed by atoms with Gasteiger partial charge in [-0.05, 0) is 35.6 Å². The first-order chi connectivity index (χ1) is 18.4. The standard InChI is InChI=1S/C28H26ClN5O4/c29-19-6-7-20-17(11-30-24(20)9-19)8-26(35)33-12-18-13-34(14-21(18)22(15-33)28(37)38)27(36)25-10-23(31-32-25)16-4-2-1-3-5-16/h1-7,9-11,18,21-22,30H,8,12-15H2,(H,31,32)(H,37,38). The highest BCUT2D eigenvalue weighted by molar-refractivity contribution is 6.31. The molecule has 38 heavy (non-hydrogen) atoms. The Bertz CT molecular complexity index is 1530. The largest absolute Gasteiger partial charge is 0.481 e. The average molecular weight is 532 g/mol. The molecule has 0 spiro atoms. The Morgan fingerprint density at radius 2 is 1.79 bits per heavy atom. The molecule has 2 amide bonds. The maximum atomic E-state index is 13.3. The number of carboxylic acid groups (broad SMARTS) is 1. The first kappa shape index (κ1) is 24.2. The van der Waals surface area contributed by atoms with Crippen LogP contribution in [-0.2, 0) is 16.0 Å². The number of amides is 2. The van der Waals surface area contributed by atoms with E-state index in [9.17, 15) is 19.5 Å². The van der Waals surface area contributed by atoms with Gasteiger partial charge in [0.2, 0.25) is 5.91 Å². The number of nitrogens with zero attached hydrogens (tertiary/aromatic N) is 3. The van der Waals surface area contributed by atoms with Crippen LogP contribution in [0.2, 0.25) is 5.02 Å². The van der Waals surface area contributed by atoms with Crippen LogP contribution in [-0.4, -0.2) is 74.1 Å². The van der Waals surface area contributed by atoms with E-state index in [1.807, 2.05) is 42.5 Å². The van der Waals surface area contributed by atoms with E-state index in [0.29, 0.717) is 36.0 Å². The van der Waals surface area contributed by atoms with E-state index in [1.165, 1.54) is 0 Å². The van der Waals surface area contributed by atoms with E-state index in [1.54, 1.807) is 28.1 Å². The number of aromatic amines is 2. The molecule has 0 bridgehead atoms. The number of carbonyl (C=O) groups is 3. The minimum absolute atomic E-state index is 0.115. The predicted molar refractivity (Wildman–Crippen MR) is 142 cm³/mol. The molecule has 0 aliphatic carbocycles. The van der Waals surface area contributed by atoms with Crippen molar-refractivity contribution in [1.82, 2.24) is 25.0 Å². The summed E-state index contributed by atoms with van der Waals surface area (Å²) < 4.78 is 0. The van der Waals surface area contributed by atoms with Crippen molar-refractivity contribution in [3.8, 4) is 11.3 Å². The van der Waals surface area contributed by atoms with Crippen LogP contribution in [0.5, 0.6) is 0 Å². The van der Waals surface area contributed by atoms with Gasteiger partial charge in [0, 0.05) is 53.9 Å². The lowest BCUT2D eigenvalue weighted by Crippen LogP contribution is -2.51. The van der Waals surface area contributed by atoms with Gasteiger partial charge in [-0.15, -0.1) is 0 Å². The van der Waals surface area contributed by atoms with E-state index in [2.05, 4.69) is 15.2 Å². The summed E-state index contributed by atoms with van der Waals surface area (Å²) >= 11 is 6.07. The van der Waals surface area contributed by atoms with Crippen molar-refractivity contribution in [3.05, 3.63) is 77.1 Å². The Morgan fingerprint density at radius 1 is 1.00 bits per heavy atom. The molecular formula is C28H26ClN5O4. The van der Waals surface area contributed by atoms with Crippen LogP contribution in [0.25, 0.3) is 22.2 Å². The zero-order valence-electron chi connectivity index (χ0n) is 20.4. The second kappa shape index (κ2) is 9.64. The quantitative estimate of drug-likeness (QED) is 0.362. The van der Waals surface area contributed by atoms with Crippen LogP contribution in [0, 0.1) is 17.8 Å². The maximum Gasteiger partial charge on any atom is 0.308 e. The third kappa shape index (κ3) is 4.43. The number of hydrogen-bond acceptors (Lipinski definition) is 4. The van der Waals surface area contributed by atoms with Crippen LogP contribution >= 0.6 is 11.6 Å². The van der Waals surface area contributed by atoms with Gasteiger partial charge < -0.3 is 19.9 Å². The van der Waals surface area contributed by atoms with E-state index in [0.717, 1.165) is 22.0 Å². The number of nitrogens with one attached hydrogen (secondary N) is 2. The van der Waals surface area contributed by atoms with Gasteiger partial charge in [-0.3, -0.25) is 19.5 Å². The number of carbonyl (C=O) groups excluding carboxylic acids is 2. The van der Waals surface area contributed by atoms with Crippen LogP contribution in [0.15, 0.2) is 60.8 Å². The number of hydrogen-bond donors (Lipinski definition) is 3. The number of H-pyrrole nitrogens is 2.